The Morgan fingerprint density at radius 2 is 1.64 bits per heavy atom. The van der Waals surface area contributed by atoms with Gasteiger partial charge in [-0.3, -0.25) is 14.9 Å². The van der Waals surface area contributed by atoms with E-state index in [0.29, 0.717) is 0 Å². The Kier molecular flexibility index (Phi) is 5.90. The minimum Gasteiger partial charge on any atom is -0.336 e. The Morgan fingerprint density at radius 1 is 1.00 bits per heavy atom. The zero-order chi connectivity index (χ0) is 20.5. The summed E-state index contributed by atoms with van der Waals surface area (Å²) in [7, 11) is -3.77. The summed E-state index contributed by atoms with van der Waals surface area (Å²) in [5, 5.41) is 10.9. The second-order valence-electron chi connectivity index (χ2n) is 6.05. The van der Waals surface area contributed by atoms with Gasteiger partial charge in [0.1, 0.15) is 4.90 Å². The Hall–Kier alpha value is -2.20. The molecule has 148 valence electrons. The highest BCUT2D eigenvalue weighted by molar-refractivity contribution is 7.89. The zero-order valence-electron chi connectivity index (χ0n) is 14.4. The second-order valence-corrected chi connectivity index (χ2v) is 8.77. The van der Waals surface area contributed by atoms with Crippen molar-refractivity contribution in [2.75, 3.05) is 26.2 Å². The average molecular weight is 444 g/mol. The van der Waals surface area contributed by atoms with Gasteiger partial charge < -0.3 is 4.90 Å². The Balaban J connectivity index is 1.73. The molecule has 0 aromatic heterocycles. The first kappa shape index (κ1) is 20.5. The topological polar surface area (TPSA) is 101 Å². The van der Waals surface area contributed by atoms with Gasteiger partial charge in [0.15, 0.2) is 0 Å². The van der Waals surface area contributed by atoms with Crippen LogP contribution in [0.5, 0.6) is 0 Å². The normalized spacial score (nSPS) is 15.4. The van der Waals surface area contributed by atoms with Crippen LogP contribution >= 0.6 is 23.2 Å². The van der Waals surface area contributed by atoms with Crippen molar-refractivity contribution < 1.29 is 18.1 Å². The van der Waals surface area contributed by atoms with Crippen molar-refractivity contribution >= 4 is 44.8 Å². The van der Waals surface area contributed by atoms with Crippen molar-refractivity contribution in [1.82, 2.24) is 9.21 Å². The molecule has 0 saturated carbocycles. The summed E-state index contributed by atoms with van der Waals surface area (Å²) in [6.07, 6.45) is 0. The average Bonchev–Trinajstić information content (AvgIpc) is 2.67. The molecule has 2 aromatic rings. The molecule has 0 radical (unpaired) electrons. The number of benzene rings is 2. The fraction of sp³-hybridized carbons (Fsp3) is 0.235. The number of hydrogen-bond acceptors (Lipinski definition) is 5. The summed E-state index contributed by atoms with van der Waals surface area (Å²) in [6, 6.07) is 9.80. The third-order valence-electron chi connectivity index (χ3n) is 4.37. The van der Waals surface area contributed by atoms with Crippen molar-refractivity contribution in [2.24, 2.45) is 0 Å². The number of piperazine rings is 1. The first-order valence-electron chi connectivity index (χ1n) is 8.19. The highest BCUT2D eigenvalue weighted by Crippen LogP contribution is 2.27. The minimum absolute atomic E-state index is 0.0229. The number of halogens is 2. The lowest BCUT2D eigenvalue weighted by Gasteiger charge is -2.34. The molecule has 28 heavy (non-hydrogen) atoms. The van der Waals surface area contributed by atoms with E-state index in [2.05, 4.69) is 0 Å². The number of rotatable bonds is 4. The predicted molar refractivity (Wildman–Crippen MR) is 104 cm³/mol. The fourth-order valence-electron chi connectivity index (χ4n) is 2.89. The monoisotopic (exact) mass is 443 g/mol. The molecule has 2 aromatic carbocycles. The number of sulfonamides is 1. The molecule has 0 bridgehead atoms. The number of nitrogens with zero attached hydrogens (tertiary/aromatic N) is 3. The van der Waals surface area contributed by atoms with Crippen LogP contribution < -0.4 is 0 Å². The van der Waals surface area contributed by atoms with Crippen LogP contribution in [0.25, 0.3) is 0 Å². The number of amides is 1. The van der Waals surface area contributed by atoms with Crippen LogP contribution in [0.15, 0.2) is 47.4 Å². The number of carbonyl (C=O) groups excluding carboxylic acids is 1. The molecule has 0 N–H and O–H groups in total. The van der Waals surface area contributed by atoms with Crippen LogP contribution in [0, 0.1) is 10.1 Å². The first-order chi connectivity index (χ1) is 13.2. The molecular formula is C17H15Cl2N3O5S. The van der Waals surface area contributed by atoms with E-state index in [1.54, 1.807) is 12.1 Å². The van der Waals surface area contributed by atoms with E-state index in [1.807, 2.05) is 0 Å². The summed E-state index contributed by atoms with van der Waals surface area (Å²) in [4.78, 5) is 24.3. The number of nitro groups is 1. The van der Waals surface area contributed by atoms with Crippen molar-refractivity contribution in [3.05, 3.63) is 68.2 Å². The number of hydrogen-bond donors (Lipinski definition) is 0. The predicted octanol–water partition coefficient (Wildman–Crippen LogP) is 3.05. The molecule has 1 heterocycles. The van der Waals surface area contributed by atoms with E-state index in [1.165, 1.54) is 33.5 Å². The zero-order valence-corrected chi connectivity index (χ0v) is 16.7. The van der Waals surface area contributed by atoms with Gasteiger partial charge in [0.05, 0.1) is 20.5 Å². The molecule has 1 amide bonds. The van der Waals surface area contributed by atoms with Crippen LogP contribution in [0.2, 0.25) is 10.0 Å². The van der Waals surface area contributed by atoms with Crippen LogP contribution in [-0.2, 0) is 10.0 Å². The van der Waals surface area contributed by atoms with Gasteiger partial charge in [-0.2, -0.15) is 4.31 Å². The smallest absolute Gasteiger partial charge is 0.270 e. The molecule has 1 aliphatic rings. The highest BCUT2D eigenvalue weighted by Gasteiger charge is 2.32. The van der Waals surface area contributed by atoms with E-state index in [-0.39, 0.29) is 52.4 Å². The van der Waals surface area contributed by atoms with Crippen LogP contribution in [-0.4, -0.2) is 54.6 Å². The maximum absolute atomic E-state index is 12.8. The van der Waals surface area contributed by atoms with Gasteiger partial charge >= 0.3 is 0 Å². The van der Waals surface area contributed by atoms with Gasteiger partial charge in [-0.1, -0.05) is 35.3 Å². The van der Waals surface area contributed by atoms with E-state index in [0.717, 1.165) is 6.07 Å². The third-order valence-corrected chi connectivity index (χ3v) is 7.09. The van der Waals surface area contributed by atoms with Gasteiger partial charge in [-0.15, -0.1) is 0 Å². The van der Waals surface area contributed by atoms with Crippen LogP contribution in [0.1, 0.15) is 10.4 Å². The summed E-state index contributed by atoms with van der Waals surface area (Å²) >= 11 is 12.0. The fourth-order valence-corrected chi connectivity index (χ4v) is 5.06. The second kappa shape index (κ2) is 8.04. The number of carbonyl (C=O) groups is 1. The van der Waals surface area contributed by atoms with Crippen molar-refractivity contribution in [3.8, 4) is 0 Å². The van der Waals surface area contributed by atoms with Crippen LogP contribution in [0.3, 0.4) is 0 Å². The lowest BCUT2D eigenvalue weighted by atomic mass is 10.1. The summed E-state index contributed by atoms with van der Waals surface area (Å²) < 4.78 is 26.8. The summed E-state index contributed by atoms with van der Waals surface area (Å²) in [5.41, 5.74) is -0.0770. The van der Waals surface area contributed by atoms with Crippen molar-refractivity contribution in [2.45, 2.75) is 4.90 Å². The van der Waals surface area contributed by atoms with E-state index in [4.69, 9.17) is 23.2 Å². The van der Waals surface area contributed by atoms with Crippen molar-refractivity contribution in [3.63, 3.8) is 0 Å². The first-order valence-corrected chi connectivity index (χ1v) is 10.4. The van der Waals surface area contributed by atoms with Gasteiger partial charge in [-0.25, -0.2) is 8.42 Å². The summed E-state index contributed by atoms with van der Waals surface area (Å²) in [5.74, 6) is -0.408. The maximum Gasteiger partial charge on any atom is 0.270 e. The molecule has 11 heteroatoms. The lowest BCUT2D eigenvalue weighted by molar-refractivity contribution is -0.384. The summed E-state index contributed by atoms with van der Waals surface area (Å²) in [6.45, 7) is 0.527. The molecule has 1 aliphatic heterocycles. The Labute approximate surface area is 171 Å². The molecule has 8 nitrogen and oxygen atoms in total. The van der Waals surface area contributed by atoms with Gasteiger partial charge in [-0.05, 0) is 18.2 Å². The molecule has 3 rings (SSSR count). The van der Waals surface area contributed by atoms with Gasteiger partial charge in [0.2, 0.25) is 10.0 Å². The maximum atomic E-state index is 12.8. The lowest BCUT2D eigenvalue weighted by Crippen LogP contribution is -2.50. The Morgan fingerprint density at radius 3 is 2.21 bits per heavy atom. The Bertz CT molecular complexity index is 1040. The van der Waals surface area contributed by atoms with E-state index >= 15 is 0 Å². The van der Waals surface area contributed by atoms with E-state index < -0.39 is 20.9 Å². The largest absolute Gasteiger partial charge is 0.336 e. The van der Waals surface area contributed by atoms with Crippen LogP contribution in [0.4, 0.5) is 5.69 Å². The molecule has 0 spiro atoms. The number of non-ortho nitro benzene ring substituents is 1. The van der Waals surface area contributed by atoms with Crippen molar-refractivity contribution in [1.29, 1.82) is 0 Å². The van der Waals surface area contributed by atoms with Gasteiger partial charge in [0.25, 0.3) is 11.6 Å². The molecule has 0 aliphatic carbocycles. The molecule has 0 atom stereocenters. The van der Waals surface area contributed by atoms with E-state index in [9.17, 15) is 23.3 Å². The standard InChI is InChI=1S/C17H15Cl2N3O5S/c18-14-3-1-2-4-16(14)28(26,27)21-9-7-20(8-10-21)17(23)13-6-5-12(22(24)25)11-15(13)19/h1-6,11H,7-10H2. The molecule has 1 saturated heterocycles. The molecule has 0 unspecified atom stereocenters. The molecule has 1 fully saturated rings. The third kappa shape index (κ3) is 3.97. The minimum atomic E-state index is -3.77. The number of nitro benzene ring substituents is 1. The van der Waals surface area contributed by atoms with Gasteiger partial charge in [0, 0.05) is 38.3 Å². The molecular weight excluding hydrogens is 429 g/mol. The SMILES string of the molecule is O=C(c1ccc([N+](=O)[O-])cc1Cl)N1CCN(S(=O)(=O)c2ccccc2Cl)CC1. The highest BCUT2D eigenvalue weighted by atomic mass is 35.5. The quantitative estimate of drug-likeness (QED) is 0.533.